The van der Waals surface area contributed by atoms with Gasteiger partial charge in [-0.2, -0.15) is 0 Å². The number of nitrogens with zero attached hydrogens (tertiary/aromatic N) is 3. The van der Waals surface area contributed by atoms with Gasteiger partial charge >= 0.3 is 6.03 Å². The Morgan fingerprint density at radius 2 is 1.69 bits per heavy atom. The largest absolute Gasteiger partial charge is 0.467 e. The first-order valence-electron chi connectivity index (χ1n) is 9.61. The van der Waals surface area contributed by atoms with Gasteiger partial charge in [0.2, 0.25) is 0 Å². The van der Waals surface area contributed by atoms with Gasteiger partial charge in [0.15, 0.2) is 0 Å². The molecule has 7 nitrogen and oxygen atoms in total. The van der Waals surface area contributed by atoms with E-state index in [1.165, 1.54) is 6.26 Å². The number of carbonyl (C=O) groups is 3. The van der Waals surface area contributed by atoms with Crippen molar-refractivity contribution in [2.75, 3.05) is 25.5 Å². The average molecular weight is 395 g/mol. The first kappa shape index (κ1) is 20.4. The van der Waals surface area contributed by atoms with Crippen molar-refractivity contribution in [2.24, 2.45) is 0 Å². The van der Waals surface area contributed by atoms with Crippen LogP contribution in [0.1, 0.15) is 31.1 Å². The van der Waals surface area contributed by atoms with E-state index in [0.29, 0.717) is 12.2 Å². The number of amides is 4. The molecule has 3 rings (SSSR count). The number of benzene rings is 1. The van der Waals surface area contributed by atoms with Gasteiger partial charge in [0, 0.05) is 26.3 Å². The summed E-state index contributed by atoms with van der Waals surface area (Å²) in [5, 5.41) is 0. The second-order valence-electron chi connectivity index (χ2n) is 7.11. The summed E-state index contributed by atoms with van der Waals surface area (Å²) >= 11 is 0. The number of urea groups is 1. The lowest BCUT2D eigenvalue weighted by Crippen LogP contribution is -2.56. The summed E-state index contributed by atoms with van der Waals surface area (Å²) in [4.78, 5) is 43.0. The van der Waals surface area contributed by atoms with E-state index in [1.807, 2.05) is 50.2 Å². The molecule has 0 aliphatic carbocycles. The average Bonchev–Trinajstić information content (AvgIpc) is 3.22. The molecule has 2 aromatic rings. The number of anilines is 1. The fourth-order valence-electron chi connectivity index (χ4n) is 3.07. The molecule has 1 aromatic carbocycles. The van der Waals surface area contributed by atoms with Crippen LogP contribution in [0.25, 0.3) is 6.08 Å². The van der Waals surface area contributed by atoms with Gasteiger partial charge in [-0.15, -0.1) is 0 Å². The Morgan fingerprint density at radius 1 is 1.00 bits per heavy atom. The van der Waals surface area contributed by atoms with Crippen molar-refractivity contribution in [3.05, 3.63) is 59.6 Å². The zero-order valence-electron chi connectivity index (χ0n) is 16.9. The number of barbiturate groups is 1. The number of unbranched alkanes of at least 4 members (excludes halogenated alkanes) is 1. The summed E-state index contributed by atoms with van der Waals surface area (Å²) in [5.41, 5.74) is 1.70. The third-order valence-electron chi connectivity index (χ3n) is 4.76. The van der Waals surface area contributed by atoms with E-state index in [9.17, 15) is 14.4 Å². The third-order valence-corrected chi connectivity index (χ3v) is 4.76. The first-order chi connectivity index (χ1) is 13.9. The minimum atomic E-state index is -0.610. The Morgan fingerprint density at radius 3 is 2.28 bits per heavy atom. The molecule has 1 aromatic heterocycles. The summed E-state index contributed by atoms with van der Waals surface area (Å²) in [7, 11) is 3.87. The van der Waals surface area contributed by atoms with Gasteiger partial charge < -0.3 is 9.32 Å². The minimum absolute atomic E-state index is 0.0164. The van der Waals surface area contributed by atoms with Crippen LogP contribution in [0.15, 0.2) is 52.7 Å². The molecule has 0 bridgehead atoms. The molecule has 1 aliphatic rings. The van der Waals surface area contributed by atoms with Crippen LogP contribution in [0.5, 0.6) is 0 Å². The number of carbonyl (C=O) groups excluding carboxylic acids is 3. The van der Waals surface area contributed by atoms with Gasteiger partial charge in [-0.25, -0.2) is 4.79 Å². The van der Waals surface area contributed by atoms with Crippen LogP contribution in [0.4, 0.5) is 10.5 Å². The van der Waals surface area contributed by atoms with E-state index in [2.05, 4.69) is 0 Å². The van der Waals surface area contributed by atoms with E-state index >= 15 is 0 Å². The zero-order chi connectivity index (χ0) is 21.0. The molecule has 29 heavy (non-hydrogen) atoms. The van der Waals surface area contributed by atoms with Crippen LogP contribution < -0.4 is 4.90 Å². The van der Waals surface area contributed by atoms with Crippen LogP contribution in [0.3, 0.4) is 0 Å². The van der Waals surface area contributed by atoms with Crippen LogP contribution in [0, 0.1) is 0 Å². The van der Waals surface area contributed by atoms with Gasteiger partial charge in [-0.3, -0.25) is 19.4 Å². The molecular weight excluding hydrogens is 370 g/mol. The van der Waals surface area contributed by atoms with Gasteiger partial charge in [-0.05, 0) is 42.3 Å². The van der Waals surface area contributed by atoms with Gasteiger partial charge in [0.1, 0.15) is 11.3 Å². The molecule has 4 amide bonds. The SMILES string of the molecule is CCCCN1C(=O)C(=Cc2ccc(N(C)C)cc2)C(=O)N(Cc2ccco2)C1=O. The monoisotopic (exact) mass is 395 g/mol. The maximum Gasteiger partial charge on any atom is 0.334 e. The molecule has 1 saturated heterocycles. The highest BCUT2D eigenvalue weighted by molar-refractivity contribution is 6.30. The molecule has 0 radical (unpaired) electrons. The van der Waals surface area contributed by atoms with E-state index in [4.69, 9.17) is 4.42 Å². The number of hydrogen-bond donors (Lipinski definition) is 0. The molecule has 1 aliphatic heterocycles. The summed E-state index contributed by atoms with van der Waals surface area (Å²) in [6.45, 7) is 2.23. The normalized spacial score (nSPS) is 16.1. The van der Waals surface area contributed by atoms with Crippen LogP contribution >= 0.6 is 0 Å². The van der Waals surface area contributed by atoms with Crippen LogP contribution in [0.2, 0.25) is 0 Å². The summed E-state index contributed by atoms with van der Waals surface area (Å²) < 4.78 is 5.29. The molecule has 0 saturated carbocycles. The van der Waals surface area contributed by atoms with Crippen molar-refractivity contribution in [3.8, 4) is 0 Å². The summed E-state index contributed by atoms with van der Waals surface area (Å²) in [5.74, 6) is -0.687. The molecule has 0 spiro atoms. The van der Waals surface area contributed by atoms with Crippen molar-refractivity contribution < 1.29 is 18.8 Å². The van der Waals surface area contributed by atoms with Gasteiger partial charge in [0.25, 0.3) is 11.8 Å². The molecule has 2 heterocycles. The molecule has 0 N–H and O–H groups in total. The number of hydrogen-bond acceptors (Lipinski definition) is 5. The second kappa shape index (κ2) is 8.77. The Labute approximate surface area is 170 Å². The standard InChI is InChI=1S/C22H25N3O4/c1-4-5-12-24-20(26)19(14-16-8-10-17(11-9-16)23(2)3)21(27)25(22(24)28)15-18-7-6-13-29-18/h6-11,13-14H,4-5,12,15H2,1-3H3. The number of rotatable bonds is 7. The number of imide groups is 2. The Kier molecular flexibility index (Phi) is 6.16. The zero-order valence-corrected chi connectivity index (χ0v) is 16.9. The lowest BCUT2D eigenvalue weighted by molar-refractivity contribution is -0.136. The molecule has 152 valence electrons. The topological polar surface area (TPSA) is 74.1 Å². The number of furan rings is 1. The molecule has 7 heteroatoms. The minimum Gasteiger partial charge on any atom is -0.467 e. The predicted octanol–water partition coefficient (Wildman–Crippen LogP) is 3.52. The van der Waals surface area contributed by atoms with E-state index in [0.717, 1.165) is 27.5 Å². The maximum absolute atomic E-state index is 13.0. The van der Waals surface area contributed by atoms with Crippen molar-refractivity contribution in [3.63, 3.8) is 0 Å². The Bertz CT molecular complexity index is 914. The van der Waals surface area contributed by atoms with Crippen LogP contribution in [-0.4, -0.2) is 48.3 Å². The summed E-state index contributed by atoms with van der Waals surface area (Å²) in [6.07, 6.45) is 4.53. The quantitative estimate of drug-likeness (QED) is 0.530. The molecule has 0 unspecified atom stereocenters. The van der Waals surface area contributed by atoms with Crippen molar-refractivity contribution >= 4 is 29.6 Å². The third kappa shape index (κ3) is 4.39. The lowest BCUT2D eigenvalue weighted by atomic mass is 10.1. The smallest absolute Gasteiger partial charge is 0.334 e. The second-order valence-corrected chi connectivity index (χ2v) is 7.11. The predicted molar refractivity (Wildman–Crippen MR) is 110 cm³/mol. The maximum atomic E-state index is 13.0. The fraction of sp³-hybridized carbons (Fsp3) is 0.318. The van der Waals surface area contributed by atoms with Crippen molar-refractivity contribution in [2.45, 2.75) is 26.3 Å². The Hall–Kier alpha value is -3.35. The highest BCUT2D eigenvalue weighted by Crippen LogP contribution is 2.23. The van der Waals surface area contributed by atoms with E-state index in [-0.39, 0.29) is 18.7 Å². The van der Waals surface area contributed by atoms with Crippen molar-refractivity contribution in [1.82, 2.24) is 9.80 Å². The van der Waals surface area contributed by atoms with Crippen LogP contribution in [-0.2, 0) is 16.1 Å². The highest BCUT2D eigenvalue weighted by atomic mass is 16.3. The molecular formula is C22H25N3O4. The fourth-order valence-corrected chi connectivity index (χ4v) is 3.07. The first-order valence-corrected chi connectivity index (χ1v) is 9.61. The molecule has 1 fully saturated rings. The van der Waals surface area contributed by atoms with E-state index < -0.39 is 17.8 Å². The van der Waals surface area contributed by atoms with Gasteiger partial charge in [0.05, 0.1) is 12.8 Å². The van der Waals surface area contributed by atoms with Gasteiger partial charge in [-0.1, -0.05) is 25.5 Å². The lowest BCUT2D eigenvalue weighted by Gasteiger charge is -2.33. The highest BCUT2D eigenvalue weighted by Gasteiger charge is 2.41. The molecule has 0 atom stereocenters. The summed E-state index contributed by atoms with van der Waals surface area (Å²) in [6, 6.07) is 10.3. The van der Waals surface area contributed by atoms with Crippen molar-refractivity contribution in [1.29, 1.82) is 0 Å². The van der Waals surface area contributed by atoms with E-state index in [1.54, 1.807) is 18.2 Å². The Balaban J connectivity index is 1.95.